The van der Waals surface area contributed by atoms with Crippen LogP contribution in [0.3, 0.4) is 0 Å². The van der Waals surface area contributed by atoms with Crippen LogP contribution >= 0.6 is 0 Å². The summed E-state index contributed by atoms with van der Waals surface area (Å²) in [7, 11) is 0. The molecule has 11 aromatic rings. The second kappa shape index (κ2) is 25.5. The van der Waals surface area contributed by atoms with E-state index >= 15 is 0 Å². The van der Waals surface area contributed by atoms with Gasteiger partial charge in [0.15, 0.2) is 0 Å². The van der Waals surface area contributed by atoms with Crippen LogP contribution in [0, 0.1) is 0 Å². The van der Waals surface area contributed by atoms with Crippen molar-refractivity contribution in [3.8, 4) is 155 Å². The van der Waals surface area contributed by atoms with Crippen molar-refractivity contribution in [2.24, 2.45) is 0 Å². The molecule has 18 heteroatoms. The van der Waals surface area contributed by atoms with Crippen molar-refractivity contribution in [1.82, 2.24) is 44.9 Å². The highest BCUT2D eigenvalue weighted by Crippen LogP contribution is 2.39. The molecule has 21 aliphatic rings. The third-order valence-electron chi connectivity index (χ3n) is 14.2. The van der Waals surface area contributed by atoms with Crippen molar-refractivity contribution in [2.45, 2.75) is 59.3 Å². The van der Waals surface area contributed by atoms with E-state index in [1.807, 2.05) is 146 Å². The van der Waals surface area contributed by atoms with E-state index in [0.717, 1.165) is 105 Å². The van der Waals surface area contributed by atoms with Crippen LogP contribution < -0.4 is 42.6 Å². The first kappa shape index (κ1) is 55.2. The standard InChI is InChI=1S/C69H57N9O9/c1-4-7-34-79-61-70-64-76-65(71-61)83-56-24-12-44(13-25-56)50-38-52-42-54(40-50)48-20-32-60(33-21-48)87-69-75-63(81-36-9-6-3)74-68(78-69)86-59-30-18-47(19-31-59)53-39-49(43-10-22-55(82-64)23-11-43)37-51(41-53)45-14-26-57(27-15-45)84-66-72-62(80-35-8-5-2)73-67(77-66)85-58-28-16-46(52)17-29-58/h10-33,37-42H,4-9,34-36H2,1-3H3. The first-order valence-electron chi connectivity index (χ1n) is 29.0. The molecule has 0 aliphatic carbocycles. The maximum atomic E-state index is 6.34. The maximum Gasteiger partial charge on any atom is 0.331 e. The van der Waals surface area contributed by atoms with Gasteiger partial charge in [-0.15, -0.1) is 44.9 Å². The van der Waals surface area contributed by atoms with Gasteiger partial charge < -0.3 is 42.6 Å². The molecule has 0 atom stereocenters. The van der Waals surface area contributed by atoms with Gasteiger partial charge in [0.25, 0.3) is 0 Å². The Balaban J connectivity index is 0.974. The zero-order chi connectivity index (χ0) is 58.9. The molecule has 24 heterocycles. The van der Waals surface area contributed by atoms with E-state index in [0.29, 0.717) is 54.3 Å². The number of unbranched alkanes of at least 4 members (excludes halogenated alkanes) is 3. The number of hydrogen-bond acceptors (Lipinski definition) is 18. The van der Waals surface area contributed by atoms with Crippen LogP contribution in [-0.2, 0) is 0 Å². The average molecular weight is 1160 g/mol. The summed E-state index contributed by atoms with van der Waals surface area (Å²) in [6.07, 6.45) is 5.20. The molecule has 0 spiro atoms. The van der Waals surface area contributed by atoms with Gasteiger partial charge in [-0.2, -0.15) is 0 Å². The number of aromatic nitrogens is 9. The Hall–Kier alpha value is -11.0. The van der Waals surface area contributed by atoms with Gasteiger partial charge >= 0.3 is 54.1 Å². The molecule has 32 rings (SSSR count). The van der Waals surface area contributed by atoms with Crippen molar-refractivity contribution in [2.75, 3.05) is 19.8 Å². The SMILES string of the molecule is CCCCOc1nc2nc(n1)Oc1ccc(cc1)-c1cc3cc(c1)-c1ccc(cc1)Oc1nc(OCCCC)nc(n1)Oc1ccc(cc1)-c1cc(cc(c1)-c1ccc(cc1)Oc1nc(OCCCC)nc(n1)Oc1ccc-3cc1)-c1ccc(cc1)O2. The molecule has 8 aromatic carbocycles. The van der Waals surface area contributed by atoms with Gasteiger partial charge in [-0.05, 0) is 195 Å². The molecule has 87 heavy (non-hydrogen) atoms. The molecule has 24 bridgehead atoms. The quantitative estimate of drug-likeness (QED) is 0.105. The zero-order valence-corrected chi connectivity index (χ0v) is 47.9. The summed E-state index contributed by atoms with van der Waals surface area (Å²) < 4.78 is 56.0. The van der Waals surface area contributed by atoms with Crippen molar-refractivity contribution in [3.05, 3.63) is 182 Å². The van der Waals surface area contributed by atoms with Crippen molar-refractivity contribution >= 4 is 0 Å². The molecule has 18 nitrogen and oxygen atoms in total. The lowest BCUT2D eigenvalue weighted by atomic mass is 9.93. The van der Waals surface area contributed by atoms with E-state index in [9.17, 15) is 0 Å². The van der Waals surface area contributed by atoms with E-state index in [-0.39, 0.29) is 54.1 Å². The average Bonchev–Trinajstić information content (AvgIpc) is 3.56. The Morgan fingerprint density at radius 3 is 0.563 bits per heavy atom. The number of benzene rings is 8. The Morgan fingerprint density at radius 2 is 0.402 bits per heavy atom. The third kappa shape index (κ3) is 13.5. The molecule has 432 valence electrons. The molecule has 3 aromatic heterocycles. The van der Waals surface area contributed by atoms with E-state index < -0.39 is 0 Å². The van der Waals surface area contributed by atoms with Crippen LogP contribution in [0.1, 0.15) is 59.3 Å². The van der Waals surface area contributed by atoms with Crippen LogP contribution in [0.2, 0.25) is 0 Å². The first-order valence-corrected chi connectivity index (χ1v) is 29.0. The van der Waals surface area contributed by atoms with E-state index in [2.05, 4.69) is 102 Å². The second-order valence-corrected chi connectivity index (χ2v) is 20.5. The van der Waals surface area contributed by atoms with Gasteiger partial charge in [-0.1, -0.05) is 113 Å². The first-order chi connectivity index (χ1) is 42.8. The fourth-order valence-electron chi connectivity index (χ4n) is 9.53. The van der Waals surface area contributed by atoms with Crippen LogP contribution in [-0.4, -0.2) is 64.7 Å². The predicted octanol–water partition coefficient (Wildman–Crippen LogP) is 17.2. The van der Waals surface area contributed by atoms with E-state index in [1.54, 1.807) is 0 Å². The van der Waals surface area contributed by atoms with Crippen LogP contribution in [0.25, 0.3) is 66.8 Å². The molecular formula is C69H57N9O9. The number of nitrogens with zero attached hydrogens (tertiary/aromatic N) is 9. The Morgan fingerprint density at radius 1 is 0.230 bits per heavy atom. The minimum Gasteiger partial charge on any atom is -0.463 e. The maximum absolute atomic E-state index is 6.34. The van der Waals surface area contributed by atoms with Crippen molar-refractivity contribution in [3.63, 3.8) is 0 Å². The molecule has 0 saturated heterocycles. The normalized spacial score (nSPS) is 11.9. The minimum atomic E-state index is 0.00822. The van der Waals surface area contributed by atoms with Gasteiger partial charge in [0.05, 0.1) is 19.8 Å². The summed E-state index contributed by atoms with van der Waals surface area (Å²) in [5.74, 6) is 2.92. The van der Waals surface area contributed by atoms with Gasteiger partial charge in [0.1, 0.15) is 34.5 Å². The molecule has 0 unspecified atom stereocenters. The highest BCUT2D eigenvalue weighted by Gasteiger charge is 2.19. The number of ether oxygens (including phenoxy) is 9. The lowest BCUT2D eigenvalue weighted by Gasteiger charge is -2.14. The summed E-state index contributed by atoms with van der Waals surface area (Å²) in [6.45, 7) is 7.48. The summed E-state index contributed by atoms with van der Waals surface area (Å²) in [6, 6.07) is 59.3. The summed E-state index contributed by atoms with van der Waals surface area (Å²) >= 11 is 0. The fraction of sp³-hybridized carbons (Fsp3) is 0.174. The molecule has 0 amide bonds. The van der Waals surface area contributed by atoms with Gasteiger partial charge in [0, 0.05) is 0 Å². The molecule has 0 radical (unpaired) electrons. The number of rotatable bonds is 12. The van der Waals surface area contributed by atoms with Crippen LogP contribution in [0.4, 0.5) is 0 Å². The lowest BCUT2D eigenvalue weighted by molar-refractivity contribution is 0.270. The van der Waals surface area contributed by atoms with Crippen molar-refractivity contribution < 1.29 is 42.6 Å². The molecule has 0 saturated carbocycles. The summed E-state index contributed by atoms with van der Waals surface area (Å²) in [5, 5.41) is 0. The van der Waals surface area contributed by atoms with Crippen LogP contribution in [0.5, 0.6) is 88.6 Å². The monoisotopic (exact) mass is 1160 g/mol. The molecule has 0 N–H and O–H groups in total. The second-order valence-electron chi connectivity index (χ2n) is 20.5. The number of hydrogen-bond donors (Lipinski definition) is 0. The zero-order valence-electron chi connectivity index (χ0n) is 47.9. The van der Waals surface area contributed by atoms with Crippen molar-refractivity contribution in [1.29, 1.82) is 0 Å². The largest absolute Gasteiger partial charge is 0.463 e. The fourth-order valence-corrected chi connectivity index (χ4v) is 9.53. The highest BCUT2D eigenvalue weighted by atomic mass is 16.5. The molecule has 21 aliphatic heterocycles. The lowest BCUT2D eigenvalue weighted by Crippen LogP contribution is -2.05. The molecule has 0 fully saturated rings. The summed E-state index contributed by atoms with van der Waals surface area (Å²) in [4.78, 5) is 41.0. The summed E-state index contributed by atoms with van der Waals surface area (Å²) in [5.41, 5.74) is 11.1. The minimum absolute atomic E-state index is 0.00822. The van der Waals surface area contributed by atoms with Gasteiger partial charge in [-0.3, -0.25) is 0 Å². The predicted molar refractivity (Wildman–Crippen MR) is 327 cm³/mol. The highest BCUT2D eigenvalue weighted by molar-refractivity contribution is 5.83. The van der Waals surface area contributed by atoms with E-state index in [4.69, 9.17) is 42.6 Å². The topological polar surface area (TPSA) is 199 Å². The Bertz CT molecular complexity index is 3500. The van der Waals surface area contributed by atoms with Crippen LogP contribution in [0.15, 0.2) is 182 Å². The third-order valence-corrected chi connectivity index (χ3v) is 14.2. The van der Waals surface area contributed by atoms with Gasteiger partial charge in [-0.25, -0.2) is 0 Å². The van der Waals surface area contributed by atoms with Gasteiger partial charge in [0.2, 0.25) is 0 Å². The Kier molecular flexibility index (Phi) is 16.2. The van der Waals surface area contributed by atoms with E-state index in [1.165, 1.54) is 0 Å². The Labute approximate surface area is 501 Å². The molecular weight excluding hydrogens is 1100 g/mol. The smallest absolute Gasteiger partial charge is 0.331 e.